The van der Waals surface area contributed by atoms with E-state index >= 15 is 0 Å². The summed E-state index contributed by atoms with van der Waals surface area (Å²) in [6.45, 7) is 4.03. The summed E-state index contributed by atoms with van der Waals surface area (Å²) in [5.74, 6) is 0.316. The molecule has 0 saturated carbocycles. The zero-order valence-electron chi connectivity index (χ0n) is 10.0. The van der Waals surface area contributed by atoms with Crippen molar-refractivity contribution >= 4 is 32.5 Å². The topological polar surface area (TPSA) is 17.1 Å². The second-order valence-electron chi connectivity index (χ2n) is 4.31. The first-order valence-electron chi connectivity index (χ1n) is 5.86. The Bertz CT molecular complexity index is 560. The molecule has 1 atom stereocenters. The van der Waals surface area contributed by atoms with E-state index in [0.29, 0.717) is 0 Å². The molecular weight excluding hydrogens is 276 g/mol. The van der Waals surface area contributed by atoms with E-state index in [1.807, 2.05) is 50.2 Å². The maximum absolute atomic E-state index is 12.3. The average molecular weight is 291 g/mol. The Morgan fingerprint density at radius 1 is 1.18 bits per heavy atom. The number of ketones is 1. The van der Waals surface area contributed by atoms with Crippen LogP contribution >= 0.6 is 15.9 Å². The third-order valence-corrected chi connectivity index (χ3v) is 3.89. The second-order valence-corrected chi connectivity index (χ2v) is 5.17. The summed E-state index contributed by atoms with van der Waals surface area (Å²) in [5.41, 5.74) is 0.832. The molecule has 2 heteroatoms. The number of carbonyl (C=O) groups is 1. The van der Waals surface area contributed by atoms with Gasteiger partial charge in [-0.2, -0.15) is 0 Å². The minimum atomic E-state index is 0.0829. The van der Waals surface area contributed by atoms with Crippen molar-refractivity contribution in [1.82, 2.24) is 0 Å². The van der Waals surface area contributed by atoms with E-state index in [-0.39, 0.29) is 11.7 Å². The number of fused-ring (bicyclic) bond motifs is 1. The highest BCUT2D eigenvalue weighted by Gasteiger charge is 2.16. The van der Waals surface area contributed by atoms with E-state index in [2.05, 4.69) is 15.9 Å². The van der Waals surface area contributed by atoms with Crippen LogP contribution < -0.4 is 0 Å². The summed E-state index contributed by atoms with van der Waals surface area (Å²) >= 11 is 3.52. The lowest BCUT2D eigenvalue weighted by atomic mass is 9.93. The van der Waals surface area contributed by atoms with Gasteiger partial charge in [-0.05, 0) is 29.3 Å². The smallest absolute Gasteiger partial charge is 0.166 e. The molecule has 0 aliphatic carbocycles. The number of carbonyl (C=O) groups excluding carboxylic acids is 1. The van der Waals surface area contributed by atoms with E-state index in [9.17, 15) is 4.79 Å². The zero-order valence-corrected chi connectivity index (χ0v) is 11.6. The predicted molar refractivity (Wildman–Crippen MR) is 75.4 cm³/mol. The van der Waals surface area contributed by atoms with Gasteiger partial charge in [-0.15, -0.1) is 0 Å². The van der Waals surface area contributed by atoms with Crippen LogP contribution in [0, 0.1) is 5.92 Å². The fraction of sp³-hybridized carbons (Fsp3) is 0.267. The van der Waals surface area contributed by atoms with Crippen LogP contribution in [0.2, 0.25) is 0 Å². The molecule has 0 amide bonds. The molecule has 0 fully saturated rings. The highest BCUT2D eigenvalue weighted by molar-refractivity contribution is 9.10. The van der Waals surface area contributed by atoms with Crippen LogP contribution in [0.15, 0.2) is 40.9 Å². The van der Waals surface area contributed by atoms with Crippen molar-refractivity contribution in [3.8, 4) is 0 Å². The third-order valence-electron chi connectivity index (χ3n) is 3.20. The van der Waals surface area contributed by atoms with E-state index in [1.165, 1.54) is 0 Å². The molecule has 2 aromatic rings. The Morgan fingerprint density at radius 3 is 2.47 bits per heavy atom. The van der Waals surface area contributed by atoms with Crippen molar-refractivity contribution in [3.63, 3.8) is 0 Å². The summed E-state index contributed by atoms with van der Waals surface area (Å²) in [6, 6.07) is 11.9. The van der Waals surface area contributed by atoms with Gasteiger partial charge in [-0.1, -0.05) is 54.0 Å². The number of hydrogen-bond acceptors (Lipinski definition) is 1. The van der Waals surface area contributed by atoms with Gasteiger partial charge in [-0.25, -0.2) is 0 Å². The van der Waals surface area contributed by atoms with Gasteiger partial charge in [0.1, 0.15) is 0 Å². The van der Waals surface area contributed by atoms with Gasteiger partial charge in [0, 0.05) is 16.0 Å². The monoisotopic (exact) mass is 290 g/mol. The van der Waals surface area contributed by atoms with Crippen LogP contribution in [-0.4, -0.2) is 5.78 Å². The second kappa shape index (κ2) is 5.01. The summed E-state index contributed by atoms with van der Waals surface area (Å²) < 4.78 is 1.04. The molecule has 0 bridgehead atoms. The molecule has 0 spiro atoms. The predicted octanol–water partition coefficient (Wildman–Crippen LogP) is 4.83. The fourth-order valence-electron chi connectivity index (χ4n) is 1.93. The maximum atomic E-state index is 12.3. The van der Waals surface area contributed by atoms with Crippen molar-refractivity contribution < 1.29 is 4.79 Å². The standard InChI is InChI=1S/C15H15BrO/c1-3-10(2)15(17)13-8-9-14(16)12-7-5-4-6-11(12)13/h4-10H,3H2,1-2H3. The lowest BCUT2D eigenvalue weighted by Gasteiger charge is -2.11. The molecule has 2 aromatic carbocycles. The van der Waals surface area contributed by atoms with Crippen LogP contribution in [0.25, 0.3) is 10.8 Å². The van der Waals surface area contributed by atoms with Crippen molar-refractivity contribution in [2.75, 3.05) is 0 Å². The Morgan fingerprint density at radius 2 is 1.82 bits per heavy atom. The SMILES string of the molecule is CCC(C)C(=O)c1ccc(Br)c2ccccc12. The molecule has 1 unspecified atom stereocenters. The first-order chi connectivity index (χ1) is 8.15. The Labute approximate surface area is 110 Å². The van der Waals surface area contributed by atoms with Crippen LogP contribution in [0.1, 0.15) is 30.6 Å². The highest BCUT2D eigenvalue weighted by Crippen LogP contribution is 2.28. The van der Waals surface area contributed by atoms with Crippen molar-refractivity contribution in [2.24, 2.45) is 5.92 Å². The fourth-order valence-corrected chi connectivity index (χ4v) is 2.41. The molecule has 17 heavy (non-hydrogen) atoms. The van der Waals surface area contributed by atoms with Gasteiger partial charge < -0.3 is 0 Å². The summed E-state index contributed by atoms with van der Waals surface area (Å²) in [7, 11) is 0. The van der Waals surface area contributed by atoms with Gasteiger partial charge in [-0.3, -0.25) is 4.79 Å². The largest absolute Gasteiger partial charge is 0.294 e. The molecule has 2 rings (SSSR count). The number of Topliss-reactive ketones (excluding diaryl/α,β-unsaturated/α-hetero) is 1. The normalized spacial score (nSPS) is 12.6. The lowest BCUT2D eigenvalue weighted by molar-refractivity contribution is 0.0929. The molecule has 0 heterocycles. The highest BCUT2D eigenvalue weighted by atomic mass is 79.9. The Hall–Kier alpha value is -1.15. The zero-order chi connectivity index (χ0) is 12.4. The minimum absolute atomic E-state index is 0.0829. The summed E-state index contributed by atoms with van der Waals surface area (Å²) in [5, 5.41) is 2.13. The molecule has 1 nitrogen and oxygen atoms in total. The minimum Gasteiger partial charge on any atom is -0.294 e. The molecule has 88 valence electrons. The number of rotatable bonds is 3. The number of halogens is 1. The van der Waals surface area contributed by atoms with Crippen LogP contribution in [0.3, 0.4) is 0 Å². The Kier molecular flexibility index (Phi) is 3.63. The van der Waals surface area contributed by atoms with Crippen molar-refractivity contribution in [1.29, 1.82) is 0 Å². The van der Waals surface area contributed by atoms with Crippen LogP contribution in [-0.2, 0) is 0 Å². The molecule has 0 radical (unpaired) electrons. The van der Waals surface area contributed by atoms with Crippen LogP contribution in [0.5, 0.6) is 0 Å². The third kappa shape index (κ3) is 2.27. The van der Waals surface area contributed by atoms with Gasteiger partial charge in [0.05, 0.1) is 0 Å². The molecule has 0 aromatic heterocycles. The quantitative estimate of drug-likeness (QED) is 0.740. The summed E-state index contributed by atoms with van der Waals surface area (Å²) in [6.07, 6.45) is 0.878. The molecule has 0 aliphatic rings. The maximum Gasteiger partial charge on any atom is 0.166 e. The molecular formula is C15H15BrO. The van der Waals surface area contributed by atoms with E-state index in [4.69, 9.17) is 0 Å². The van der Waals surface area contributed by atoms with E-state index < -0.39 is 0 Å². The molecule has 0 saturated heterocycles. The first-order valence-corrected chi connectivity index (χ1v) is 6.66. The van der Waals surface area contributed by atoms with Gasteiger partial charge >= 0.3 is 0 Å². The van der Waals surface area contributed by atoms with Gasteiger partial charge in [0.15, 0.2) is 5.78 Å². The van der Waals surface area contributed by atoms with E-state index in [0.717, 1.165) is 27.2 Å². The lowest BCUT2D eigenvalue weighted by Crippen LogP contribution is -2.10. The number of benzene rings is 2. The summed E-state index contributed by atoms with van der Waals surface area (Å²) in [4.78, 5) is 12.3. The van der Waals surface area contributed by atoms with Crippen molar-refractivity contribution in [2.45, 2.75) is 20.3 Å². The van der Waals surface area contributed by atoms with Gasteiger partial charge in [0.2, 0.25) is 0 Å². The number of hydrogen-bond donors (Lipinski definition) is 0. The van der Waals surface area contributed by atoms with Crippen LogP contribution in [0.4, 0.5) is 0 Å². The Balaban J connectivity index is 2.63. The van der Waals surface area contributed by atoms with Crippen molar-refractivity contribution in [3.05, 3.63) is 46.4 Å². The van der Waals surface area contributed by atoms with E-state index in [1.54, 1.807) is 0 Å². The van der Waals surface area contributed by atoms with Gasteiger partial charge in [0.25, 0.3) is 0 Å². The molecule has 0 aliphatic heterocycles. The average Bonchev–Trinajstić information content (AvgIpc) is 2.38. The molecule has 0 N–H and O–H groups in total. The first kappa shape index (κ1) is 12.3.